The van der Waals surface area contributed by atoms with Gasteiger partial charge in [-0.2, -0.15) is 5.26 Å². The molecule has 2 unspecified atom stereocenters. The van der Waals surface area contributed by atoms with Gasteiger partial charge in [-0.05, 0) is 59.7 Å². The first kappa shape index (κ1) is 25.6. The lowest BCUT2D eigenvalue weighted by atomic mass is 9.89. The SMILES string of the molecule is N#Cc1ccc(C(=O)Nc2cc(C3(C(N)=O)C(c4cc(Cl)cc(Cl)c4)C3(Cl)Cl)ccc2Cl)cc1F. The largest absolute Gasteiger partial charge is 0.369 e. The maximum Gasteiger partial charge on any atom is 0.255 e. The number of carbonyl (C=O) groups is 2. The van der Waals surface area contributed by atoms with Crippen LogP contribution in [0.15, 0.2) is 54.6 Å². The average Bonchev–Trinajstić information content (AvgIpc) is 3.31. The number of alkyl halides is 2. The zero-order valence-electron chi connectivity index (χ0n) is 17.4. The first-order chi connectivity index (χ1) is 16.4. The maximum atomic E-state index is 14.0. The smallest absolute Gasteiger partial charge is 0.255 e. The number of halogens is 6. The number of hydrogen-bond acceptors (Lipinski definition) is 3. The normalized spacial score (nSPS) is 20.1. The second-order valence-corrected chi connectivity index (χ2v) is 10.6. The number of nitrogens with zero attached hydrogens (tertiary/aromatic N) is 1. The van der Waals surface area contributed by atoms with Crippen molar-refractivity contribution in [3.63, 3.8) is 0 Å². The first-order valence-corrected chi connectivity index (χ1v) is 11.8. The quantitative estimate of drug-likeness (QED) is 0.338. The predicted octanol–water partition coefficient (Wildman–Crippen LogP) is 6.60. The molecule has 3 aromatic rings. The molecule has 1 aliphatic rings. The van der Waals surface area contributed by atoms with Gasteiger partial charge in [-0.3, -0.25) is 9.59 Å². The Labute approximate surface area is 224 Å². The highest BCUT2D eigenvalue weighted by atomic mass is 35.5. The van der Waals surface area contributed by atoms with Gasteiger partial charge < -0.3 is 11.1 Å². The lowest BCUT2D eigenvalue weighted by molar-refractivity contribution is -0.120. The summed E-state index contributed by atoms with van der Waals surface area (Å²) in [5.74, 6) is -3.15. The lowest BCUT2D eigenvalue weighted by Crippen LogP contribution is -2.34. The third-order valence-corrected chi connectivity index (χ3v) is 7.67. The molecule has 2 atom stereocenters. The molecular weight excluding hydrogens is 559 g/mol. The number of anilines is 1. The fourth-order valence-electron chi connectivity index (χ4n) is 4.22. The molecule has 1 fully saturated rings. The minimum Gasteiger partial charge on any atom is -0.369 e. The summed E-state index contributed by atoms with van der Waals surface area (Å²) >= 11 is 31.8. The molecule has 3 aromatic carbocycles. The Kier molecular flexibility index (Phi) is 6.69. The van der Waals surface area contributed by atoms with Crippen molar-refractivity contribution in [2.24, 2.45) is 5.73 Å². The number of carbonyl (C=O) groups excluding carboxylic acids is 2. The van der Waals surface area contributed by atoms with Crippen LogP contribution < -0.4 is 11.1 Å². The van der Waals surface area contributed by atoms with E-state index in [-0.39, 0.29) is 21.8 Å². The Hall–Kier alpha value is -2.53. The van der Waals surface area contributed by atoms with Gasteiger partial charge >= 0.3 is 0 Å². The summed E-state index contributed by atoms with van der Waals surface area (Å²) < 4.78 is 12.3. The highest BCUT2D eigenvalue weighted by molar-refractivity contribution is 6.55. The molecule has 0 spiro atoms. The molecule has 0 bridgehead atoms. The van der Waals surface area contributed by atoms with Gasteiger partial charge in [0.15, 0.2) is 0 Å². The van der Waals surface area contributed by atoms with Crippen molar-refractivity contribution in [1.82, 2.24) is 0 Å². The van der Waals surface area contributed by atoms with E-state index in [1.54, 1.807) is 18.2 Å². The summed E-state index contributed by atoms with van der Waals surface area (Å²) in [7, 11) is 0. The Morgan fingerprint density at radius 1 is 1.00 bits per heavy atom. The van der Waals surface area contributed by atoms with Crippen LogP contribution in [0.1, 0.15) is 33.0 Å². The van der Waals surface area contributed by atoms with E-state index in [9.17, 15) is 14.0 Å². The Morgan fingerprint density at radius 3 is 2.23 bits per heavy atom. The van der Waals surface area contributed by atoms with Gasteiger partial charge in [-0.1, -0.05) is 64.1 Å². The number of nitrogens with one attached hydrogen (secondary N) is 1. The molecule has 2 amide bonds. The molecule has 11 heteroatoms. The van der Waals surface area contributed by atoms with Crippen molar-refractivity contribution in [2.45, 2.75) is 15.7 Å². The molecule has 0 radical (unpaired) electrons. The molecule has 0 heterocycles. The van der Waals surface area contributed by atoms with Crippen LogP contribution in [0.25, 0.3) is 0 Å². The third-order valence-electron chi connectivity index (χ3n) is 5.87. The molecule has 178 valence electrons. The zero-order valence-corrected chi connectivity index (χ0v) is 21.2. The topological polar surface area (TPSA) is 96.0 Å². The van der Waals surface area contributed by atoms with Crippen LogP contribution in [0.3, 0.4) is 0 Å². The van der Waals surface area contributed by atoms with Crippen LogP contribution in [-0.4, -0.2) is 16.1 Å². The summed E-state index contributed by atoms with van der Waals surface area (Å²) in [6, 6.07) is 14.2. The number of hydrogen-bond donors (Lipinski definition) is 2. The number of amides is 2. The molecule has 0 aromatic heterocycles. The highest BCUT2D eigenvalue weighted by Crippen LogP contribution is 2.74. The van der Waals surface area contributed by atoms with Gasteiger partial charge in [0.25, 0.3) is 5.91 Å². The average molecular weight is 572 g/mol. The monoisotopic (exact) mass is 569 g/mol. The van der Waals surface area contributed by atoms with Gasteiger partial charge in [-0.25, -0.2) is 4.39 Å². The fourth-order valence-corrected chi connectivity index (χ4v) is 6.02. The standard InChI is InChI=1S/C24H13Cl5FN3O2/c25-15-5-13(6-16(26)9-15)20-23(22(32)35,24(20,28)29)14-3-4-17(27)19(8-14)33-21(34)11-1-2-12(10-31)18(30)7-11/h1-9,20H,(H2,32,35)(H,33,34). The minimum atomic E-state index is -1.65. The minimum absolute atomic E-state index is 0.0468. The van der Waals surface area contributed by atoms with Crippen molar-refractivity contribution < 1.29 is 14.0 Å². The van der Waals surface area contributed by atoms with Crippen molar-refractivity contribution in [3.8, 4) is 6.07 Å². The summed E-state index contributed by atoms with van der Waals surface area (Å²) in [5, 5.41) is 12.2. The van der Waals surface area contributed by atoms with E-state index in [0.717, 1.165) is 6.07 Å². The molecule has 3 N–H and O–H groups in total. The molecule has 35 heavy (non-hydrogen) atoms. The van der Waals surface area contributed by atoms with Crippen LogP contribution in [-0.2, 0) is 10.2 Å². The zero-order chi connectivity index (χ0) is 25.7. The molecule has 5 nitrogen and oxygen atoms in total. The van der Waals surface area contributed by atoms with E-state index in [2.05, 4.69) is 5.32 Å². The Balaban J connectivity index is 1.74. The second kappa shape index (κ2) is 9.16. The van der Waals surface area contributed by atoms with Gasteiger partial charge in [0.05, 0.1) is 16.3 Å². The van der Waals surface area contributed by atoms with Gasteiger partial charge in [0.2, 0.25) is 5.91 Å². The molecule has 1 saturated carbocycles. The maximum absolute atomic E-state index is 14.0. The Morgan fingerprint density at radius 2 is 1.66 bits per heavy atom. The van der Waals surface area contributed by atoms with E-state index < -0.39 is 33.3 Å². The molecule has 4 rings (SSSR count). The third kappa shape index (κ3) is 4.22. The lowest BCUT2D eigenvalue weighted by Gasteiger charge is -2.18. The summed E-state index contributed by atoms with van der Waals surface area (Å²) in [6.07, 6.45) is 0. The number of nitriles is 1. The predicted molar refractivity (Wildman–Crippen MR) is 135 cm³/mol. The summed E-state index contributed by atoms with van der Waals surface area (Å²) in [5.41, 5.74) is 4.87. The van der Waals surface area contributed by atoms with Crippen molar-refractivity contribution in [3.05, 3.63) is 97.7 Å². The van der Waals surface area contributed by atoms with E-state index in [4.69, 9.17) is 69.0 Å². The van der Waals surface area contributed by atoms with E-state index in [1.807, 2.05) is 0 Å². The fraction of sp³-hybridized carbons (Fsp3) is 0.125. The molecular formula is C24H13Cl5FN3O2. The first-order valence-electron chi connectivity index (χ1n) is 9.88. The van der Waals surface area contributed by atoms with Crippen LogP contribution in [0.2, 0.25) is 15.1 Å². The number of primary amides is 1. The van der Waals surface area contributed by atoms with Crippen molar-refractivity contribution >= 4 is 75.5 Å². The highest BCUT2D eigenvalue weighted by Gasteiger charge is 2.80. The number of rotatable bonds is 5. The molecule has 1 aliphatic carbocycles. The Bertz CT molecular complexity index is 1420. The molecule has 0 aliphatic heterocycles. The van der Waals surface area contributed by atoms with E-state index in [1.165, 1.54) is 36.4 Å². The molecule has 0 saturated heterocycles. The van der Waals surface area contributed by atoms with Crippen LogP contribution in [0.4, 0.5) is 10.1 Å². The van der Waals surface area contributed by atoms with E-state index >= 15 is 0 Å². The van der Waals surface area contributed by atoms with Crippen LogP contribution in [0, 0.1) is 17.1 Å². The second-order valence-electron chi connectivity index (χ2n) is 7.89. The summed E-state index contributed by atoms with van der Waals surface area (Å²) in [4.78, 5) is 25.5. The number of nitrogens with two attached hydrogens (primary N) is 1. The summed E-state index contributed by atoms with van der Waals surface area (Å²) in [6.45, 7) is 0. The number of benzene rings is 3. The van der Waals surface area contributed by atoms with Gasteiger partial charge in [-0.15, -0.1) is 0 Å². The van der Waals surface area contributed by atoms with E-state index in [0.29, 0.717) is 21.2 Å². The van der Waals surface area contributed by atoms with Crippen molar-refractivity contribution in [1.29, 1.82) is 5.26 Å². The van der Waals surface area contributed by atoms with Gasteiger partial charge in [0.1, 0.15) is 21.6 Å². The van der Waals surface area contributed by atoms with Gasteiger partial charge in [0, 0.05) is 21.5 Å². The van der Waals surface area contributed by atoms with Crippen molar-refractivity contribution in [2.75, 3.05) is 5.32 Å². The van der Waals surface area contributed by atoms with Crippen LogP contribution >= 0.6 is 58.0 Å². The van der Waals surface area contributed by atoms with Crippen LogP contribution in [0.5, 0.6) is 0 Å².